The number of hydrogen-bond donors (Lipinski definition) is 12. The molecule has 19 heteroatoms. The monoisotopic (exact) mass is 1120 g/mol. The van der Waals surface area contributed by atoms with Crippen molar-refractivity contribution in [3.05, 3.63) is 36.5 Å². The third kappa shape index (κ3) is 26.5. The van der Waals surface area contributed by atoms with Crippen LogP contribution in [0.25, 0.3) is 0 Å². The van der Waals surface area contributed by atoms with Crippen molar-refractivity contribution < 1.29 is 89.4 Å². The molecule has 0 spiro atoms. The number of rotatable bonds is 44. The number of aliphatic hydroxyl groups excluding tert-OH is 11. The van der Waals surface area contributed by atoms with Crippen LogP contribution in [0.1, 0.15) is 200 Å². The minimum absolute atomic E-state index is 0.227. The quantitative estimate of drug-likeness (QED) is 0.0271. The van der Waals surface area contributed by atoms with Crippen molar-refractivity contribution in [1.29, 1.82) is 0 Å². The second-order valence-electron chi connectivity index (χ2n) is 21.8. The molecule has 0 aromatic rings. The van der Waals surface area contributed by atoms with Crippen LogP contribution in [-0.4, -0.2) is 193 Å². The van der Waals surface area contributed by atoms with E-state index in [1.807, 2.05) is 6.08 Å². The van der Waals surface area contributed by atoms with Gasteiger partial charge in [-0.3, -0.25) is 4.79 Å². The Kier molecular flexibility index (Phi) is 38.5. The molecule has 12 N–H and O–H groups in total. The average molecular weight is 1120 g/mol. The Morgan fingerprint density at radius 1 is 0.462 bits per heavy atom. The summed E-state index contributed by atoms with van der Waals surface area (Å²) < 4.78 is 34.2. The highest BCUT2D eigenvalue weighted by Crippen LogP contribution is 2.33. The highest BCUT2D eigenvalue weighted by molar-refractivity contribution is 5.76. The third-order valence-electron chi connectivity index (χ3n) is 15.2. The molecule has 17 atom stereocenters. The number of unbranched alkanes of at least 4 members (excludes halogenated alkanes) is 24. The van der Waals surface area contributed by atoms with Crippen molar-refractivity contribution in [3.8, 4) is 0 Å². The van der Waals surface area contributed by atoms with Crippen molar-refractivity contribution >= 4 is 5.91 Å². The first kappa shape index (κ1) is 70.3. The zero-order valence-electron chi connectivity index (χ0n) is 47.4. The van der Waals surface area contributed by atoms with Gasteiger partial charge in [0.05, 0.1) is 38.6 Å². The Morgan fingerprint density at radius 2 is 0.872 bits per heavy atom. The Morgan fingerprint density at radius 3 is 1.36 bits per heavy atom. The number of allylic oxidation sites excluding steroid dienone is 5. The first-order valence-corrected chi connectivity index (χ1v) is 30.2. The van der Waals surface area contributed by atoms with Crippen LogP contribution in [0.5, 0.6) is 0 Å². The van der Waals surface area contributed by atoms with Gasteiger partial charge in [-0.15, -0.1) is 0 Å². The Balaban J connectivity index is 1.50. The van der Waals surface area contributed by atoms with Gasteiger partial charge in [-0.1, -0.05) is 185 Å². The van der Waals surface area contributed by atoms with Crippen LogP contribution in [0.2, 0.25) is 0 Å². The lowest BCUT2D eigenvalue weighted by Gasteiger charge is -2.48. The van der Waals surface area contributed by atoms with Gasteiger partial charge in [0.15, 0.2) is 18.9 Å². The fraction of sp³-hybridized carbons (Fsp3) is 0.881. The number of ether oxygens (including phenoxy) is 6. The van der Waals surface area contributed by atoms with E-state index in [4.69, 9.17) is 28.4 Å². The minimum Gasteiger partial charge on any atom is -0.394 e. The van der Waals surface area contributed by atoms with Crippen molar-refractivity contribution in [3.63, 3.8) is 0 Å². The molecule has 17 unspecified atom stereocenters. The molecule has 78 heavy (non-hydrogen) atoms. The number of carbonyl (C=O) groups is 1. The molecule has 19 nitrogen and oxygen atoms in total. The minimum atomic E-state index is -1.98. The molecule has 3 fully saturated rings. The number of aliphatic hydroxyl groups is 11. The predicted molar refractivity (Wildman–Crippen MR) is 296 cm³/mol. The molecule has 0 radical (unpaired) electrons. The van der Waals surface area contributed by atoms with Crippen LogP contribution < -0.4 is 5.32 Å². The van der Waals surface area contributed by atoms with E-state index in [0.717, 1.165) is 77.0 Å². The highest BCUT2D eigenvalue weighted by atomic mass is 16.8. The summed E-state index contributed by atoms with van der Waals surface area (Å²) in [7, 11) is 0. The van der Waals surface area contributed by atoms with Crippen molar-refractivity contribution in [1.82, 2.24) is 5.32 Å². The Hall–Kier alpha value is -1.99. The molecule has 3 aliphatic rings. The van der Waals surface area contributed by atoms with Crippen LogP contribution in [0, 0.1) is 0 Å². The molecule has 3 saturated heterocycles. The summed E-state index contributed by atoms with van der Waals surface area (Å²) in [6.07, 6.45) is 18.4. The number of amides is 1. The summed E-state index contributed by atoms with van der Waals surface area (Å²) in [5, 5.41) is 120. The van der Waals surface area contributed by atoms with Gasteiger partial charge in [-0.25, -0.2) is 0 Å². The lowest BCUT2D eigenvalue weighted by molar-refractivity contribution is -0.379. The van der Waals surface area contributed by atoms with Gasteiger partial charge in [0.1, 0.15) is 73.2 Å². The summed E-state index contributed by atoms with van der Waals surface area (Å²) >= 11 is 0. The number of carbonyl (C=O) groups excluding carboxylic acids is 1. The van der Waals surface area contributed by atoms with Gasteiger partial charge in [0, 0.05) is 6.42 Å². The van der Waals surface area contributed by atoms with Gasteiger partial charge in [-0.05, 0) is 44.9 Å². The molecular weight excluding hydrogens is 1010 g/mol. The first-order valence-electron chi connectivity index (χ1n) is 30.2. The van der Waals surface area contributed by atoms with E-state index in [2.05, 4.69) is 43.5 Å². The summed E-state index contributed by atoms with van der Waals surface area (Å²) in [4.78, 5) is 13.3. The van der Waals surface area contributed by atoms with Crippen LogP contribution in [0.3, 0.4) is 0 Å². The number of hydrogen-bond acceptors (Lipinski definition) is 18. The lowest BCUT2D eigenvalue weighted by atomic mass is 9.96. The first-order chi connectivity index (χ1) is 37.8. The van der Waals surface area contributed by atoms with Crippen molar-refractivity contribution in [2.24, 2.45) is 0 Å². The maximum absolute atomic E-state index is 13.3. The third-order valence-corrected chi connectivity index (χ3v) is 15.2. The Bertz CT molecular complexity index is 1570. The second-order valence-corrected chi connectivity index (χ2v) is 21.8. The smallest absolute Gasteiger partial charge is 0.220 e. The predicted octanol–water partition coefficient (Wildman–Crippen LogP) is 5.32. The Labute approximate surface area is 466 Å². The normalized spacial score (nSPS) is 30.7. The van der Waals surface area contributed by atoms with Gasteiger partial charge in [0.2, 0.25) is 5.91 Å². The van der Waals surface area contributed by atoms with E-state index in [1.54, 1.807) is 6.08 Å². The van der Waals surface area contributed by atoms with E-state index in [0.29, 0.717) is 6.42 Å². The molecule has 0 bridgehead atoms. The van der Waals surface area contributed by atoms with Crippen LogP contribution in [0.15, 0.2) is 36.5 Å². The topological polar surface area (TPSA) is 307 Å². The van der Waals surface area contributed by atoms with Crippen LogP contribution in [-0.2, 0) is 33.2 Å². The molecular formula is C59H107NO18. The fourth-order valence-corrected chi connectivity index (χ4v) is 10.2. The van der Waals surface area contributed by atoms with Gasteiger partial charge in [0.25, 0.3) is 0 Å². The van der Waals surface area contributed by atoms with E-state index < -0.39 is 124 Å². The molecule has 0 aromatic heterocycles. The zero-order chi connectivity index (χ0) is 56.9. The highest BCUT2D eigenvalue weighted by Gasteiger charge is 2.53. The molecule has 456 valence electrons. The summed E-state index contributed by atoms with van der Waals surface area (Å²) in [5.41, 5.74) is 0. The fourth-order valence-electron chi connectivity index (χ4n) is 10.2. The molecule has 3 aliphatic heterocycles. The van der Waals surface area contributed by atoms with Crippen molar-refractivity contribution in [2.75, 3.05) is 26.4 Å². The summed E-state index contributed by atoms with van der Waals surface area (Å²) in [6, 6.07) is -0.979. The van der Waals surface area contributed by atoms with Crippen molar-refractivity contribution in [2.45, 2.75) is 304 Å². The maximum atomic E-state index is 13.3. The standard InChI is InChI=1S/C59H107NO18/c1-3-5-7-9-11-13-15-17-18-19-20-21-22-23-25-26-28-30-32-34-36-43(64)42(60-47(65)37-35-33-31-29-27-24-16-14-12-10-8-6-4-2)41-73-57-53(71)50(68)55(45(39-62)75-57)78-59-54(72)51(69)56(46(40-63)76-59)77-58-52(70)49(67)48(66)44(38-61)74-58/h8,10,14,16,34,36,42-46,48-59,61-64,66-72H,3-7,9,11-13,15,17-33,35,37-41H2,1-2H3,(H,60,65)/b10-8-,16-14-,36-34+. The molecule has 0 aromatic carbocycles. The van der Waals surface area contributed by atoms with E-state index in [1.165, 1.54) is 96.3 Å². The van der Waals surface area contributed by atoms with Gasteiger partial charge in [-0.2, -0.15) is 0 Å². The second kappa shape index (κ2) is 42.8. The van der Waals surface area contributed by atoms with Crippen LogP contribution in [0.4, 0.5) is 0 Å². The molecule has 0 saturated carbocycles. The van der Waals surface area contributed by atoms with Gasteiger partial charge >= 0.3 is 0 Å². The average Bonchev–Trinajstić information content (AvgIpc) is 3.43. The largest absolute Gasteiger partial charge is 0.394 e. The maximum Gasteiger partial charge on any atom is 0.220 e. The lowest BCUT2D eigenvalue weighted by Crippen LogP contribution is -2.66. The summed E-state index contributed by atoms with van der Waals surface area (Å²) in [6.45, 7) is 1.64. The zero-order valence-corrected chi connectivity index (χ0v) is 47.4. The van der Waals surface area contributed by atoms with E-state index in [-0.39, 0.29) is 18.9 Å². The number of nitrogens with one attached hydrogen (secondary N) is 1. The molecule has 1 amide bonds. The molecule has 3 heterocycles. The van der Waals surface area contributed by atoms with E-state index >= 15 is 0 Å². The molecule has 3 rings (SSSR count). The summed E-state index contributed by atoms with van der Waals surface area (Å²) in [5.74, 6) is -0.291. The molecule has 0 aliphatic carbocycles. The van der Waals surface area contributed by atoms with E-state index in [9.17, 15) is 61.0 Å². The van der Waals surface area contributed by atoms with Gasteiger partial charge < -0.3 is 89.9 Å². The SMILES string of the molecule is CCC/C=C\C/C=C\CCCCCCCC(=O)NC(COC1OC(CO)C(OC2OC(CO)C(OC3OC(CO)C(O)C(O)C3O)C(O)C2O)C(O)C1O)C(O)/C=C/CCCCCCCCCCCCCCCCCCCC. The van der Waals surface area contributed by atoms with Crippen LogP contribution >= 0.6 is 0 Å².